The van der Waals surface area contributed by atoms with Crippen LogP contribution in [-0.4, -0.2) is 29.0 Å². The maximum atomic E-state index is 13.3. The number of halogens is 3. The second kappa shape index (κ2) is 9.02. The number of aryl methyl sites for hydroxylation is 1. The topological polar surface area (TPSA) is 50.5 Å². The second-order valence-electron chi connectivity index (χ2n) is 8.63. The quantitative estimate of drug-likeness (QED) is 0.346. The summed E-state index contributed by atoms with van der Waals surface area (Å²) >= 11 is 0. The zero-order valence-corrected chi connectivity index (χ0v) is 19.1. The van der Waals surface area contributed by atoms with E-state index in [9.17, 15) is 18.0 Å². The third kappa shape index (κ3) is 4.56. The van der Waals surface area contributed by atoms with Gasteiger partial charge in [0, 0.05) is 24.3 Å². The van der Waals surface area contributed by atoms with Crippen LogP contribution in [0.25, 0.3) is 22.3 Å². The van der Waals surface area contributed by atoms with Crippen molar-refractivity contribution < 1.29 is 13.2 Å². The molecule has 0 aliphatic carbocycles. The van der Waals surface area contributed by atoms with E-state index in [1.165, 1.54) is 36.9 Å². The summed E-state index contributed by atoms with van der Waals surface area (Å²) < 4.78 is 41.1. The number of fused-ring (bicyclic) bond motifs is 1. The highest BCUT2D eigenvalue weighted by Crippen LogP contribution is 2.32. The highest BCUT2D eigenvalue weighted by Gasteiger charge is 2.31. The van der Waals surface area contributed by atoms with Crippen molar-refractivity contribution in [2.75, 3.05) is 18.0 Å². The van der Waals surface area contributed by atoms with Gasteiger partial charge in [0.2, 0.25) is 0 Å². The molecule has 4 aromatic rings. The van der Waals surface area contributed by atoms with Crippen molar-refractivity contribution in [2.45, 2.75) is 25.9 Å². The fourth-order valence-electron chi connectivity index (χ4n) is 4.45. The summed E-state index contributed by atoms with van der Waals surface area (Å²) in [6.07, 6.45) is -0.622. The minimum Gasteiger partial charge on any atom is -0.371 e. The van der Waals surface area contributed by atoms with Crippen LogP contribution in [-0.2, 0) is 6.18 Å². The average molecular weight is 477 g/mol. The maximum Gasteiger partial charge on any atom is 0.416 e. The van der Waals surface area contributed by atoms with Crippen molar-refractivity contribution >= 4 is 22.8 Å². The molecule has 0 spiro atoms. The Kier molecular flexibility index (Phi) is 5.88. The molecule has 1 aromatic heterocycles. The Morgan fingerprint density at radius 2 is 1.74 bits per heavy atom. The first-order valence-corrected chi connectivity index (χ1v) is 11.4. The predicted molar refractivity (Wildman–Crippen MR) is 132 cm³/mol. The molecule has 0 radical (unpaired) electrons. The molecule has 0 N–H and O–H groups in total. The van der Waals surface area contributed by atoms with Crippen LogP contribution in [0.4, 0.5) is 18.9 Å². The third-order valence-electron chi connectivity index (χ3n) is 6.19. The van der Waals surface area contributed by atoms with Crippen molar-refractivity contribution in [2.24, 2.45) is 5.10 Å². The van der Waals surface area contributed by atoms with Gasteiger partial charge >= 0.3 is 6.18 Å². The molecule has 2 heterocycles. The minimum absolute atomic E-state index is 0.0430. The lowest BCUT2D eigenvalue weighted by Gasteiger charge is -2.20. The van der Waals surface area contributed by atoms with Crippen LogP contribution in [0.3, 0.4) is 0 Å². The predicted octanol–water partition coefficient (Wildman–Crippen LogP) is 5.87. The van der Waals surface area contributed by atoms with Gasteiger partial charge in [0.05, 0.1) is 22.7 Å². The molecule has 3 aromatic carbocycles. The fraction of sp³-hybridized carbons (Fsp3) is 0.222. The van der Waals surface area contributed by atoms with Crippen LogP contribution in [0.2, 0.25) is 0 Å². The minimum atomic E-state index is -4.52. The van der Waals surface area contributed by atoms with Gasteiger partial charge in [-0.05, 0) is 67.3 Å². The molecule has 0 bridgehead atoms. The Morgan fingerprint density at radius 3 is 2.49 bits per heavy atom. The van der Waals surface area contributed by atoms with Crippen molar-refractivity contribution in [1.82, 2.24) is 9.66 Å². The maximum absolute atomic E-state index is 13.3. The number of hydrogen-bond donors (Lipinski definition) is 0. The molecule has 0 amide bonds. The number of anilines is 1. The average Bonchev–Trinajstić information content (AvgIpc) is 3.38. The third-order valence-corrected chi connectivity index (χ3v) is 6.19. The molecule has 0 unspecified atom stereocenters. The molecule has 178 valence electrons. The van der Waals surface area contributed by atoms with Gasteiger partial charge in [0.25, 0.3) is 5.56 Å². The highest BCUT2D eigenvalue weighted by atomic mass is 19.4. The van der Waals surface area contributed by atoms with Gasteiger partial charge in [-0.25, -0.2) is 4.98 Å². The van der Waals surface area contributed by atoms with Crippen molar-refractivity contribution in [3.05, 3.63) is 93.8 Å². The molecule has 5 rings (SSSR count). The van der Waals surface area contributed by atoms with E-state index in [1.807, 2.05) is 25.1 Å². The van der Waals surface area contributed by atoms with Crippen LogP contribution >= 0.6 is 0 Å². The van der Waals surface area contributed by atoms with Gasteiger partial charge in [-0.15, -0.1) is 0 Å². The molecule has 1 aliphatic rings. The van der Waals surface area contributed by atoms with E-state index in [2.05, 4.69) is 15.0 Å². The van der Waals surface area contributed by atoms with Gasteiger partial charge in [0.1, 0.15) is 0 Å². The lowest BCUT2D eigenvalue weighted by Crippen LogP contribution is -2.20. The van der Waals surface area contributed by atoms with Crippen molar-refractivity contribution in [3.63, 3.8) is 0 Å². The molecule has 0 saturated carbocycles. The van der Waals surface area contributed by atoms with Crippen LogP contribution in [0.1, 0.15) is 29.5 Å². The van der Waals surface area contributed by atoms with Gasteiger partial charge in [-0.1, -0.05) is 30.3 Å². The zero-order valence-electron chi connectivity index (χ0n) is 19.1. The Bertz CT molecular complexity index is 1480. The summed E-state index contributed by atoms with van der Waals surface area (Å²) in [4.78, 5) is 20.1. The first-order valence-electron chi connectivity index (χ1n) is 11.4. The van der Waals surface area contributed by atoms with E-state index in [4.69, 9.17) is 0 Å². The van der Waals surface area contributed by atoms with Crippen LogP contribution in [0, 0.1) is 6.92 Å². The number of rotatable bonds is 4. The Labute approximate surface area is 200 Å². The molecular formula is C27H23F3N4O. The van der Waals surface area contributed by atoms with E-state index in [0.29, 0.717) is 10.9 Å². The second-order valence-corrected chi connectivity index (χ2v) is 8.63. The number of alkyl halides is 3. The summed E-state index contributed by atoms with van der Waals surface area (Å²) in [5.74, 6) is 0.0430. The van der Waals surface area contributed by atoms with Crippen LogP contribution in [0.15, 0.2) is 76.6 Å². The fourth-order valence-corrected chi connectivity index (χ4v) is 4.45. The number of hydrogen-bond acceptors (Lipinski definition) is 4. The lowest BCUT2D eigenvalue weighted by atomic mass is 10.1. The Hall–Kier alpha value is -3.94. The summed E-state index contributed by atoms with van der Waals surface area (Å²) in [5.41, 5.74) is 2.32. The molecule has 0 atom stereocenters. The molecule has 35 heavy (non-hydrogen) atoms. The first kappa shape index (κ1) is 22.8. The Morgan fingerprint density at radius 1 is 0.971 bits per heavy atom. The van der Waals surface area contributed by atoms with Crippen molar-refractivity contribution in [3.8, 4) is 11.4 Å². The summed E-state index contributed by atoms with van der Waals surface area (Å²) in [5, 5.41) is 4.72. The highest BCUT2D eigenvalue weighted by molar-refractivity contribution is 5.83. The standard InChI is InChI=1S/C27H23F3N4O/c1-18-15-19(11-12-24(18)33-13-4-5-14-33)17-31-34-25(20-7-6-8-21(16-20)27(28,29)30)32-23-10-3-2-9-22(23)26(34)35/h2-3,6-12,15-17H,4-5,13-14H2,1H3. The van der Waals surface area contributed by atoms with E-state index >= 15 is 0 Å². The summed E-state index contributed by atoms with van der Waals surface area (Å²) in [6.45, 7) is 4.10. The van der Waals surface area contributed by atoms with E-state index in [-0.39, 0.29) is 11.4 Å². The van der Waals surface area contributed by atoms with E-state index in [0.717, 1.165) is 41.0 Å². The van der Waals surface area contributed by atoms with Gasteiger partial charge in [-0.2, -0.15) is 22.9 Å². The number of para-hydroxylation sites is 1. The molecular weight excluding hydrogens is 453 g/mol. The van der Waals surface area contributed by atoms with Crippen LogP contribution < -0.4 is 10.5 Å². The van der Waals surface area contributed by atoms with Gasteiger partial charge < -0.3 is 4.90 Å². The molecule has 1 saturated heterocycles. The molecule has 1 aliphatic heterocycles. The number of benzene rings is 3. The first-order chi connectivity index (χ1) is 16.8. The van der Waals surface area contributed by atoms with E-state index in [1.54, 1.807) is 24.3 Å². The normalized spacial score (nSPS) is 14.3. The molecule has 1 fully saturated rings. The molecule has 5 nitrogen and oxygen atoms in total. The Balaban J connectivity index is 1.61. The summed E-state index contributed by atoms with van der Waals surface area (Å²) in [7, 11) is 0. The zero-order chi connectivity index (χ0) is 24.6. The van der Waals surface area contributed by atoms with Crippen LogP contribution in [0.5, 0.6) is 0 Å². The molecule has 8 heteroatoms. The summed E-state index contributed by atoms with van der Waals surface area (Å²) in [6, 6.07) is 17.4. The van der Waals surface area contributed by atoms with Crippen molar-refractivity contribution in [1.29, 1.82) is 0 Å². The SMILES string of the molecule is Cc1cc(C=Nn2c(-c3cccc(C(F)(F)F)c3)nc3ccccc3c2=O)ccc1N1CCCC1. The smallest absolute Gasteiger partial charge is 0.371 e. The number of nitrogens with zero attached hydrogens (tertiary/aromatic N) is 4. The largest absolute Gasteiger partial charge is 0.416 e. The van der Waals surface area contributed by atoms with Gasteiger partial charge in [0.15, 0.2) is 5.82 Å². The number of aromatic nitrogens is 2. The van der Waals surface area contributed by atoms with E-state index < -0.39 is 17.3 Å². The van der Waals surface area contributed by atoms with Gasteiger partial charge in [-0.3, -0.25) is 4.79 Å². The monoisotopic (exact) mass is 476 g/mol. The lowest BCUT2D eigenvalue weighted by molar-refractivity contribution is -0.137.